The topological polar surface area (TPSA) is 266 Å². The fourth-order valence-electron chi connectivity index (χ4n) is 7.91. The summed E-state index contributed by atoms with van der Waals surface area (Å²) in [4.78, 5) is 80.0. The monoisotopic (exact) mass is 1060 g/mol. The molecule has 0 saturated carbocycles. The Morgan fingerprint density at radius 1 is 1.03 bits per heavy atom. The molecule has 4 bridgehead atoms. The van der Waals surface area contributed by atoms with Gasteiger partial charge in [0.05, 0.1) is 83.9 Å². The van der Waals surface area contributed by atoms with Crippen molar-refractivity contribution in [2.24, 2.45) is 5.73 Å². The number of rotatable bonds is 26. The minimum atomic E-state index is -1.84. The van der Waals surface area contributed by atoms with E-state index < -0.39 is 70.9 Å². The van der Waals surface area contributed by atoms with Crippen LogP contribution in [0.4, 0.5) is 10.5 Å². The van der Waals surface area contributed by atoms with Crippen LogP contribution in [-0.2, 0) is 68.3 Å². The number of primary amides is 1. The molecule has 0 aromatic heterocycles. The number of fused-ring (bicyclic) bond motifs is 5. The molecular weight excluding hydrogens is 982 g/mol. The fourth-order valence-corrected chi connectivity index (χ4v) is 9.09. The normalized spacial score (nSPS) is 24.7. The lowest BCUT2D eigenvalue weighted by Gasteiger charge is -2.40. The second-order valence-corrected chi connectivity index (χ2v) is 20.7. The number of carbonyl (C=O) groups excluding carboxylic acids is 6. The summed E-state index contributed by atoms with van der Waals surface area (Å²) >= 11 is 8.18. The molecule has 1 unspecified atom stereocenters. The molecule has 2 saturated heterocycles. The van der Waals surface area contributed by atoms with E-state index in [0.29, 0.717) is 77.1 Å². The number of allylic oxidation sites excluding steroid dienone is 3. The lowest BCUT2D eigenvalue weighted by molar-refractivity contribution is -0.157. The van der Waals surface area contributed by atoms with Gasteiger partial charge < -0.3 is 68.6 Å². The van der Waals surface area contributed by atoms with Gasteiger partial charge in [-0.05, 0) is 44.4 Å². The van der Waals surface area contributed by atoms with Crippen molar-refractivity contribution in [1.82, 2.24) is 15.5 Å². The van der Waals surface area contributed by atoms with Crippen LogP contribution in [0.1, 0.15) is 71.8 Å². The maximum Gasteiger partial charge on any atom is 0.409 e. The van der Waals surface area contributed by atoms with Gasteiger partial charge in [-0.15, -0.1) is 11.8 Å². The summed E-state index contributed by atoms with van der Waals surface area (Å²) in [5, 5.41) is 17.2. The molecule has 0 radical (unpaired) electrons. The van der Waals surface area contributed by atoms with Crippen LogP contribution in [0.15, 0.2) is 35.9 Å². The van der Waals surface area contributed by atoms with E-state index in [1.54, 1.807) is 38.3 Å². The molecule has 5 N–H and O–H groups in total. The summed E-state index contributed by atoms with van der Waals surface area (Å²) < 4.78 is 50.1. The molecule has 404 valence electrons. The number of nitrogens with one attached hydrogen (secondary N) is 2. The Bertz CT molecular complexity index is 2080. The Kier molecular flexibility index (Phi) is 24.0. The Morgan fingerprint density at radius 2 is 1.68 bits per heavy atom. The number of aliphatic hydroxyl groups is 1. The van der Waals surface area contributed by atoms with Gasteiger partial charge in [-0.25, -0.2) is 4.79 Å². The first-order valence-corrected chi connectivity index (χ1v) is 25.3. The van der Waals surface area contributed by atoms with Crippen molar-refractivity contribution in [1.29, 1.82) is 0 Å². The standard InChI is InChI=1S/C49H74ClN5O16S/c1-32-10-9-11-37(64-8)49(62)29-34(69-46(61)53-49)27-39-48(4,71-39)38(28-43(59)55(6)35-25-33(24-32)26-36(63-7)45(35)50)70-44(60)30-54(5)42(58)12-14-47(2,3)72-31-41(57)52-15-17-66-19-21-68-23-22-67-20-18-65-16-13-40(51)56/h9-11,25-26,34,37-39,62H,12-24,27-31H2,1-8H3,(H2,51,56)(H,52,57)(H,53,61)/b11-9+,32-10+/t34-,37-,38+,39?,48+,49+/m1/s1. The molecule has 2 fully saturated rings. The van der Waals surface area contributed by atoms with E-state index in [9.17, 15) is 33.9 Å². The molecule has 3 aliphatic heterocycles. The molecule has 5 amide bonds. The van der Waals surface area contributed by atoms with E-state index in [-0.39, 0.29) is 61.3 Å². The van der Waals surface area contributed by atoms with Gasteiger partial charge >= 0.3 is 12.1 Å². The Morgan fingerprint density at radius 3 is 2.32 bits per heavy atom. The van der Waals surface area contributed by atoms with E-state index in [1.165, 1.54) is 42.8 Å². The average Bonchev–Trinajstić information content (AvgIpc) is 3.98. The largest absolute Gasteiger partial charge is 0.495 e. The molecule has 0 spiro atoms. The van der Waals surface area contributed by atoms with Gasteiger partial charge in [0.25, 0.3) is 0 Å². The summed E-state index contributed by atoms with van der Waals surface area (Å²) in [6.45, 7) is 10.1. The second-order valence-electron chi connectivity index (χ2n) is 18.6. The SMILES string of the molecule is COc1cc2cc(c1Cl)N(C)C(=O)C[C@H](OC(=O)CN(C)C(=O)CCC(C)(C)SCC(=O)NCCOCCOCCOCCOCCC(N)=O)[C@]1(C)OC1C[C@@H]1C[C@@](O)(NC(=O)O1)[C@H](OC)/C=C/C=C(\C)C2. The summed E-state index contributed by atoms with van der Waals surface area (Å²) in [7, 11) is 5.93. The first-order valence-electron chi connectivity index (χ1n) is 23.9. The number of alkyl carbamates (subject to hydrolysis) is 1. The van der Waals surface area contributed by atoms with Gasteiger partial charge in [-0.1, -0.05) is 49.2 Å². The number of esters is 1. The summed E-state index contributed by atoms with van der Waals surface area (Å²) in [6, 6.07) is 3.55. The first-order chi connectivity index (χ1) is 34.1. The van der Waals surface area contributed by atoms with Crippen molar-refractivity contribution in [3.63, 3.8) is 0 Å². The van der Waals surface area contributed by atoms with E-state index >= 15 is 0 Å². The molecule has 6 atom stereocenters. The van der Waals surface area contributed by atoms with Gasteiger partial charge in [0, 0.05) is 58.2 Å². The Labute approximate surface area is 431 Å². The number of ether oxygens (including phenoxy) is 9. The molecule has 1 aromatic rings. The van der Waals surface area contributed by atoms with Gasteiger partial charge in [0.15, 0.2) is 5.72 Å². The van der Waals surface area contributed by atoms with Crippen LogP contribution in [0.3, 0.4) is 0 Å². The van der Waals surface area contributed by atoms with Crippen molar-refractivity contribution < 1.29 is 76.5 Å². The molecule has 72 heavy (non-hydrogen) atoms. The number of methoxy groups -OCH3 is 2. The number of amides is 5. The first kappa shape index (κ1) is 60.0. The van der Waals surface area contributed by atoms with Gasteiger partial charge in [0.2, 0.25) is 23.6 Å². The van der Waals surface area contributed by atoms with Crippen LogP contribution in [0.2, 0.25) is 5.02 Å². The zero-order valence-electron chi connectivity index (χ0n) is 42.8. The third-order valence-corrected chi connectivity index (χ3v) is 14.0. The smallest absolute Gasteiger partial charge is 0.409 e. The van der Waals surface area contributed by atoms with Crippen molar-refractivity contribution >= 4 is 64.7 Å². The zero-order valence-corrected chi connectivity index (χ0v) is 44.3. The number of halogens is 1. The van der Waals surface area contributed by atoms with Crippen molar-refractivity contribution in [3.05, 3.63) is 46.5 Å². The number of hydrogen-bond acceptors (Lipinski definition) is 17. The molecule has 23 heteroatoms. The lowest BCUT2D eigenvalue weighted by Crippen LogP contribution is -2.62. The number of anilines is 1. The third kappa shape index (κ3) is 19.4. The molecule has 0 aliphatic carbocycles. The third-order valence-electron chi connectivity index (χ3n) is 12.3. The van der Waals surface area contributed by atoms with Crippen LogP contribution < -0.4 is 26.0 Å². The predicted molar refractivity (Wildman–Crippen MR) is 268 cm³/mol. The number of hydrogen-bond donors (Lipinski definition) is 4. The summed E-state index contributed by atoms with van der Waals surface area (Å²) in [5.74, 6) is -1.67. The molecular formula is C49H74ClN5O16S. The number of carbonyl (C=O) groups is 6. The molecule has 4 rings (SSSR count). The quantitative estimate of drug-likeness (QED) is 0.0590. The van der Waals surface area contributed by atoms with E-state index in [1.807, 2.05) is 26.8 Å². The van der Waals surface area contributed by atoms with Crippen LogP contribution in [0.25, 0.3) is 0 Å². The fraction of sp³-hybridized carbons (Fsp3) is 0.673. The number of nitrogens with zero attached hydrogens (tertiary/aromatic N) is 2. The van der Waals surface area contributed by atoms with Crippen LogP contribution in [0.5, 0.6) is 5.75 Å². The average molecular weight is 1060 g/mol. The van der Waals surface area contributed by atoms with Crippen LogP contribution >= 0.6 is 23.4 Å². The second kappa shape index (κ2) is 28.8. The molecule has 3 heterocycles. The van der Waals surface area contributed by atoms with Crippen molar-refractivity contribution in [3.8, 4) is 5.75 Å². The van der Waals surface area contributed by atoms with Crippen LogP contribution in [-0.4, -0.2) is 186 Å². The minimum absolute atomic E-state index is 0.0698. The van der Waals surface area contributed by atoms with Gasteiger partial charge in [-0.3, -0.25) is 29.3 Å². The van der Waals surface area contributed by atoms with Crippen molar-refractivity contribution in [2.45, 2.75) is 113 Å². The molecule has 1 aromatic carbocycles. The van der Waals surface area contributed by atoms with Crippen LogP contribution in [0, 0.1) is 0 Å². The Balaban J connectivity index is 1.29. The maximum atomic E-state index is 14.2. The van der Waals surface area contributed by atoms with E-state index in [2.05, 4.69) is 10.6 Å². The summed E-state index contributed by atoms with van der Waals surface area (Å²) in [5.41, 5.74) is 4.02. The number of benzene rings is 1. The number of epoxide rings is 1. The highest BCUT2D eigenvalue weighted by Crippen LogP contribution is 2.47. The van der Waals surface area contributed by atoms with Gasteiger partial charge in [-0.2, -0.15) is 0 Å². The van der Waals surface area contributed by atoms with E-state index in [4.69, 9.17) is 60.0 Å². The lowest BCUT2D eigenvalue weighted by atomic mass is 9.90. The highest BCUT2D eigenvalue weighted by atomic mass is 35.5. The summed E-state index contributed by atoms with van der Waals surface area (Å²) in [6.07, 6.45) is 1.46. The Hall–Kier alpha value is -4.52. The van der Waals surface area contributed by atoms with E-state index in [0.717, 1.165) is 11.1 Å². The number of likely N-dealkylation sites (N-methyl/N-ethyl adjacent to an activating group) is 1. The number of nitrogens with two attached hydrogens (primary N) is 1. The zero-order chi connectivity index (χ0) is 53.1. The molecule has 21 nitrogen and oxygen atoms in total. The molecule has 3 aliphatic rings. The number of thioether (sulfide) groups is 1. The highest BCUT2D eigenvalue weighted by molar-refractivity contribution is 8.01. The minimum Gasteiger partial charge on any atom is -0.495 e. The maximum absolute atomic E-state index is 14.2. The highest BCUT2D eigenvalue weighted by Gasteiger charge is 2.61. The van der Waals surface area contributed by atoms with Gasteiger partial charge in [0.1, 0.15) is 41.2 Å². The predicted octanol–water partition coefficient (Wildman–Crippen LogP) is 3.23. The van der Waals surface area contributed by atoms with Crippen molar-refractivity contribution in [2.75, 3.05) is 105 Å².